The van der Waals surface area contributed by atoms with E-state index in [0.29, 0.717) is 16.5 Å². The summed E-state index contributed by atoms with van der Waals surface area (Å²) in [6, 6.07) is 10.6. The van der Waals surface area contributed by atoms with Gasteiger partial charge in [0.05, 0.1) is 26.4 Å². The molecular formula is C14H7ClN2O4. The van der Waals surface area contributed by atoms with Gasteiger partial charge in [0.1, 0.15) is 0 Å². The molecule has 0 aliphatic rings. The molecule has 0 fully saturated rings. The molecule has 0 saturated carbocycles. The van der Waals surface area contributed by atoms with Crippen molar-refractivity contribution in [1.82, 2.24) is 4.98 Å². The van der Waals surface area contributed by atoms with Gasteiger partial charge < -0.3 is 4.42 Å². The molecule has 0 atom stereocenters. The highest BCUT2D eigenvalue weighted by Crippen LogP contribution is 2.30. The van der Waals surface area contributed by atoms with E-state index >= 15 is 0 Å². The van der Waals surface area contributed by atoms with E-state index in [4.69, 9.17) is 16.0 Å². The molecule has 0 spiro atoms. The number of fused-ring (bicyclic) bond motifs is 1. The number of nitro groups is 1. The molecule has 3 aromatic rings. The maximum Gasteiger partial charge on any atom is 0.347 e. The largest absolute Gasteiger partial charge is 0.403 e. The van der Waals surface area contributed by atoms with Crippen LogP contribution in [0.1, 0.15) is 0 Å². The first-order valence-electron chi connectivity index (χ1n) is 5.90. The molecule has 2 aromatic carbocycles. The Labute approximate surface area is 122 Å². The van der Waals surface area contributed by atoms with Gasteiger partial charge in [-0.15, -0.1) is 0 Å². The van der Waals surface area contributed by atoms with Crippen molar-refractivity contribution in [3.63, 3.8) is 0 Å². The summed E-state index contributed by atoms with van der Waals surface area (Å²) < 4.78 is 5.14. The highest BCUT2D eigenvalue weighted by atomic mass is 35.5. The van der Waals surface area contributed by atoms with Crippen LogP contribution in [0.15, 0.2) is 51.7 Å². The van der Waals surface area contributed by atoms with Crippen molar-refractivity contribution in [1.29, 1.82) is 0 Å². The van der Waals surface area contributed by atoms with Crippen LogP contribution in [0.5, 0.6) is 0 Å². The Hall–Kier alpha value is -2.73. The molecule has 0 bridgehead atoms. The lowest BCUT2D eigenvalue weighted by Gasteiger charge is -2.03. The zero-order valence-electron chi connectivity index (χ0n) is 10.4. The Morgan fingerprint density at radius 2 is 1.95 bits per heavy atom. The fourth-order valence-corrected chi connectivity index (χ4v) is 2.18. The molecule has 0 radical (unpaired) electrons. The maximum absolute atomic E-state index is 11.9. The van der Waals surface area contributed by atoms with E-state index in [-0.39, 0.29) is 16.6 Å². The van der Waals surface area contributed by atoms with Crippen LogP contribution in [0, 0.1) is 10.1 Å². The Morgan fingerprint density at radius 3 is 2.67 bits per heavy atom. The standard InChI is InChI=1S/C14H7ClN2O4/c15-11-7-8(17(19)20)5-6-9(11)13-16-12-4-2-1-3-10(12)14(18)21-13/h1-7H. The van der Waals surface area contributed by atoms with Gasteiger partial charge in [0, 0.05) is 12.1 Å². The van der Waals surface area contributed by atoms with Crippen LogP contribution in [-0.2, 0) is 0 Å². The minimum absolute atomic E-state index is 0.0265. The van der Waals surface area contributed by atoms with Crippen LogP contribution in [0.2, 0.25) is 5.02 Å². The molecule has 0 aliphatic heterocycles. The summed E-state index contributed by atoms with van der Waals surface area (Å²) in [4.78, 5) is 26.3. The second-order valence-corrected chi connectivity index (χ2v) is 4.65. The molecule has 1 heterocycles. The van der Waals surface area contributed by atoms with Gasteiger partial charge in [-0.3, -0.25) is 10.1 Å². The van der Waals surface area contributed by atoms with Crippen molar-refractivity contribution in [2.45, 2.75) is 0 Å². The average molecular weight is 303 g/mol. The number of hydrogen-bond acceptors (Lipinski definition) is 5. The smallest absolute Gasteiger partial charge is 0.347 e. The average Bonchev–Trinajstić information content (AvgIpc) is 2.47. The molecule has 6 nitrogen and oxygen atoms in total. The summed E-state index contributed by atoms with van der Waals surface area (Å²) >= 11 is 6.01. The molecule has 0 aliphatic carbocycles. The van der Waals surface area contributed by atoms with E-state index in [1.165, 1.54) is 18.2 Å². The Morgan fingerprint density at radius 1 is 1.19 bits per heavy atom. The Kier molecular flexibility index (Phi) is 3.15. The molecule has 0 amide bonds. The van der Waals surface area contributed by atoms with Crippen molar-refractivity contribution < 1.29 is 9.34 Å². The number of nitrogens with zero attached hydrogens (tertiary/aromatic N) is 2. The molecule has 21 heavy (non-hydrogen) atoms. The number of halogens is 1. The number of para-hydroxylation sites is 1. The third-order valence-corrected chi connectivity index (χ3v) is 3.24. The third-order valence-electron chi connectivity index (χ3n) is 2.93. The predicted octanol–water partition coefficient (Wildman–Crippen LogP) is 3.42. The van der Waals surface area contributed by atoms with Crippen molar-refractivity contribution in [2.24, 2.45) is 0 Å². The van der Waals surface area contributed by atoms with E-state index in [0.717, 1.165) is 0 Å². The molecule has 0 N–H and O–H groups in total. The van der Waals surface area contributed by atoms with Gasteiger partial charge in [-0.05, 0) is 18.2 Å². The summed E-state index contributed by atoms with van der Waals surface area (Å²) in [5, 5.41) is 11.1. The summed E-state index contributed by atoms with van der Waals surface area (Å²) in [5.74, 6) is 0.0265. The van der Waals surface area contributed by atoms with E-state index in [2.05, 4.69) is 4.98 Å². The van der Waals surface area contributed by atoms with Crippen LogP contribution in [-0.4, -0.2) is 9.91 Å². The molecule has 7 heteroatoms. The first kappa shape index (κ1) is 13.3. The van der Waals surface area contributed by atoms with Gasteiger partial charge in [0.15, 0.2) is 0 Å². The van der Waals surface area contributed by atoms with Gasteiger partial charge >= 0.3 is 5.63 Å². The number of aromatic nitrogens is 1. The fraction of sp³-hybridized carbons (Fsp3) is 0. The number of hydrogen-bond donors (Lipinski definition) is 0. The number of non-ortho nitro benzene ring substituents is 1. The Bertz CT molecular complexity index is 920. The van der Waals surface area contributed by atoms with Crippen LogP contribution in [0.4, 0.5) is 5.69 Å². The molecule has 1 aromatic heterocycles. The van der Waals surface area contributed by atoms with E-state index < -0.39 is 10.5 Å². The lowest BCUT2D eigenvalue weighted by Crippen LogP contribution is -2.03. The van der Waals surface area contributed by atoms with Crippen LogP contribution in [0.25, 0.3) is 22.4 Å². The van der Waals surface area contributed by atoms with E-state index in [1.807, 2.05) is 0 Å². The normalized spacial score (nSPS) is 10.7. The SMILES string of the molecule is O=c1oc(-c2ccc([N+](=O)[O-])cc2Cl)nc2ccccc12. The summed E-state index contributed by atoms with van der Waals surface area (Å²) in [7, 11) is 0. The van der Waals surface area contributed by atoms with E-state index in [1.54, 1.807) is 24.3 Å². The zero-order valence-corrected chi connectivity index (χ0v) is 11.2. The molecule has 0 saturated heterocycles. The number of rotatable bonds is 2. The number of benzene rings is 2. The minimum Gasteiger partial charge on any atom is -0.403 e. The zero-order chi connectivity index (χ0) is 15.0. The predicted molar refractivity (Wildman–Crippen MR) is 77.4 cm³/mol. The highest BCUT2D eigenvalue weighted by molar-refractivity contribution is 6.33. The second-order valence-electron chi connectivity index (χ2n) is 4.24. The second kappa shape index (κ2) is 4.99. The van der Waals surface area contributed by atoms with Crippen LogP contribution < -0.4 is 5.63 Å². The summed E-state index contributed by atoms with van der Waals surface area (Å²) in [6.07, 6.45) is 0. The first-order valence-corrected chi connectivity index (χ1v) is 6.28. The molecule has 3 rings (SSSR count). The summed E-state index contributed by atoms with van der Waals surface area (Å²) in [5.41, 5.74) is 0.111. The molecule has 0 unspecified atom stereocenters. The lowest BCUT2D eigenvalue weighted by molar-refractivity contribution is -0.384. The van der Waals surface area contributed by atoms with Crippen LogP contribution in [0.3, 0.4) is 0 Å². The Balaban J connectivity index is 2.21. The lowest BCUT2D eigenvalue weighted by atomic mass is 10.2. The van der Waals surface area contributed by atoms with Gasteiger partial charge in [-0.25, -0.2) is 9.78 Å². The minimum atomic E-state index is -0.556. The van der Waals surface area contributed by atoms with Gasteiger partial charge in [0.2, 0.25) is 5.89 Å². The topological polar surface area (TPSA) is 86.2 Å². The summed E-state index contributed by atoms with van der Waals surface area (Å²) in [6.45, 7) is 0. The monoisotopic (exact) mass is 302 g/mol. The van der Waals surface area contributed by atoms with Crippen molar-refractivity contribution >= 4 is 28.2 Å². The van der Waals surface area contributed by atoms with E-state index in [9.17, 15) is 14.9 Å². The third kappa shape index (κ3) is 2.36. The van der Waals surface area contributed by atoms with Crippen molar-refractivity contribution in [3.05, 3.63) is 68.0 Å². The van der Waals surface area contributed by atoms with Gasteiger partial charge in [-0.1, -0.05) is 23.7 Å². The number of nitro benzene ring substituents is 1. The maximum atomic E-state index is 11.9. The van der Waals surface area contributed by atoms with Crippen molar-refractivity contribution in [3.8, 4) is 11.5 Å². The first-order chi connectivity index (χ1) is 10.1. The van der Waals surface area contributed by atoms with Crippen LogP contribution >= 0.6 is 11.6 Å². The molecule has 104 valence electrons. The van der Waals surface area contributed by atoms with Gasteiger partial charge in [-0.2, -0.15) is 0 Å². The van der Waals surface area contributed by atoms with Gasteiger partial charge in [0.25, 0.3) is 5.69 Å². The highest BCUT2D eigenvalue weighted by Gasteiger charge is 2.15. The quantitative estimate of drug-likeness (QED) is 0.535. The molecular weight excluding hydrogens is 296 g/mol. The fourth-order valence-electron chi connectivity index (χ4n) is 1.92. The van der Waals surface area contributed by atoms with Crippen molar-refractivity contribution in [2.75, 3.05) is 0 Å².